The average Bonchev–Trinajstić information content (AvgIpc) is 2.70. The van der Waals surface area contributed by atoms with Crippen molar-refractivity contribution in [2.24, 2.45) is 5.92 Å². The number of hydrogen-bond acceptors (Lipinski definition) is 5. The van der Waals surface area contributed by atoms with Gasteiger partial charge in [-0.3, -0.25) is 4.79 Å². The van der Waals surface area contributed by atoms with Crippen LogP contribution >= 0.6 is 0 Å². The maximum Gasteiger partial charge on any atom is 0.227 e. The number of nitrogens with one attached hydrogen (secondary N) is 2. The second kappa shape index (κ2) is 8.58. The smallest absolute Gasteiger partial charge is 0.227 e. The van der Waals surface area contributed by atoms with E-state index in [4.69, 9.17) is 14.2 Å². The molecule has 1 aliphatic heterocycles. The molecule has 0 atom stereocenters. The molecule has 1 heterocycles. The van der Waals surface area contributed by atoms with E-state index in [9.17, 15) is 4.79 Å². The summed E-state index contributed by atoms with van der Waals surface area (Å²) in [5.74, 6) is 1.52. The molecular formula is C20H24N2O4. The summed E-state index contributed by atoms with van der Waals surface area (Å²) in [5.41, 5.74) is 2.53. The highest BCUT2D eigenvalue weighted by molar-refractivity contribution is 5.92. The van der Waals surface area contributed by atoms with Gasteiger partial charge in [-0.05, 0) is 49.2 Å². The van der Waals surface area contributed by atoms with E-state index in [-0.39, 0.29) is 11.8 Å². The van der Waals surface area contributed by atoms with Crippen LogP contribution in [-0.4, -0.2) is 33.3 Å². The highest BCUT2D eigenvalue weighted by atomic mass is 16.5. The summed E-state index contributed by atoms with van der Waals surface area (Å²) in [6.07, 6.45) is 1.56. The Labute approximate surface area is 153 Å². The molecule has 0 aromatic heterocycles. The molecule has 0 saturated carbocycles. The first-order valence-corrected chi connectivity index (χ1v) is 8.67. The molecule has 6 heteroatoms. The molecule has 1 saturated heterocycles. The molecule has 26 heavy (non-hydrogen) atoms. The van der Waals surface area contributed by atoms with Crippen molar-refractivity contribution in [3.8, 4) is 11.5 Å². The van der Waals surface area contributed by atoms with E-state index in [0.29, 0.717) is 19.0 Å². The van der Waals surface area contributed by atoms with Crippen LogP contribution in [0.25, 0.3) is 0 Å². The number of ether oxygens (including phenoxy) is 3. The van der Waals surface area contributed by atoms with Crippen molar-refractivity contribution in [1.82, 2.24) is 0 Å². The minimum atomic E-state index is 0.0325. The first-order valence-electron chi connectivity index (χ1n) is 8.67. The van der Waals surface area contributed by atoms with Crippen LogP contribution in [0.4, 0.5) is 17.1 Å². The van der Waals surface area contributed by atoms with Gasteiger partial charge < -0.3 is 24.8 Å². The van der Waals surface area contributed by atoms with Crippen LogP contribution in [0.5, 0.6) is 11.5 Å². The predicted molar refractivity (Wildman–Crippen MR) is 101 cm³/mol. The van der Waals surface area contributed by atoms with E-state index in [1.54, 1.807) is 14.2 Å². The number of amides is 1. The number of methoxy groups -OCH3 is 2. The Balaban J connectivity index is 1.63. The molecule has 6 nitrogen and oxygen atoms in total. The quantitative estimate of drug-likeness (QED) is 0.824. The van der Waals surface area contributed by atoms with E-state index in [1.807, 2.05) is 42.5 Å². The monoisotopic (exact) mass is 356 g/mol. The SMILES string of the molecule is COc1ccc(Nc2ccc(NC(=O)C3CCOCC3)cc2)c(OC)c1. The zero-order valence-corrected chi connectivity index (χ0v) is 15.1. The molecular weight excluding hydrogens is 332 g/mol. The molecule has 2 aromatic carbocycles. The Morgan fingerprint density at radius 3 is 2.35 bits per heavy atom. The summed E-state index contributed by atoms with van der Waals surface area (Å²) in [6.45, 7) is 1.31. The zero-order chi connectivity index (χ0) is 18.4. The summed E-state index contributed by atoms with van der Waals surface area (Å²) in [7, 11) is 3.24. The summed E-state index contributed by atoms with van der Waals surface area (Å²) >= 11 is 0. The predicted octanol–water partition coefficient (Wildman–Crippen LogP) is 3.81. The van der Waals surface area contributed by atoms with E-state index in [1.165, 1.54) is 0 Å². The molecule has 138 valence electrons. The highest BCUT2D eigenvalue weighted by Crippen LogP contribution is 2.31. The highest BCUT2D eigenvalue weighted by Gasteiger charge is 2.21. The molecule has 0 spiro atoms. The Hall–Kier alpha value is -2.73. The standard InChI is InChI=1S/C20H24N2O4/c1-24-17-7-8-18(19(13-17)25-2)21-15-3-5-16(6-4-15)22-20(23)14-9-11-26-12-10-14/h3-8,13-14,21H,9-12H2,1-2H3,(H,22,23). The van der Waals surface area contributed by atoms with Crippen LogP contribution in [0, 0.1) is 5.92 Å². The van der Waals surface area contributed by atoms with Gasteiger partial charge in [0, 0.05) is 36.6 Å². The second-order valence-corrected chi connectivity index (χ2v) is 6.14. The maximum atomic E-state index is 12.3. The lowest BCUT2D eigenvalue weighted by molar-refractivity contribution is -0.122. The lowest BCUT2D eigenvalue weighted by atomic mass is 9.99. The molecule has 0 bridgehead atoms. The minimum Gasteiger partial charge on any atom is -0.497 e. The largest absolute Gasteiger partial charge is 0.497 e. The summed E-state index contributed by atoms with van der Waals surface area (Å²) in [5, 5.41) is 6.29. The molecule has 0 unspecified atom stereocenters. The molecule has 2 N–H and O–H groups in total. The molecule has 1 aliphatic rings. The van der Waals surface area contributed by atoms with Gasteiger partial charge in [0.05, 0.1) is 19.9 Å². The Kier molecular flexibility index (Phi) is 5.96. The Morgan fingerprint density at radius 2 is 1.69 bits per heavy atom. The number of carbonyl (C=O) groups is 1. The average molecular weight is 356 g/mol. The lowest BCUT2D eigenvalue weighted by Crippen LogP contribution is -2.28. The van der Waals surface area contributed by atoms with Crippen molar-refractivity contribution in [3.05, 3.63) is 42.5 Å². The van der Waals surface area contributed by atoms with Gasteiger partial charge >= 0.3 is 0 Å². The molecule has 1 amide bonds. The topological polar surface area (TPSA) is 68.8 Å². The third-order valence-electron chi connectivity index (χ3n) is 4.43. The van der Waals surface area contributed by atoms with Crippen molar-refractivity contribution >= 4 is 23.0 Å². The molecule has 0 aliphatic carbocycles. The van der Waals surface area contributed by atoms with Gasteiger partial charge in [-0.15, -0.1) is 0 Å². The van der Waals surface area contributed by atoms with Gasteiger partial charge in [0.2, 0.25) is 5.91 Å². The van der Waals surface area contributed by atoms with Crippen LogP contribution in [0.15, 0.2) is 42.5 Å². The first-order chi connectivity index (χ1) is 12.7. The van der Waals surface area contributed by atoms with E-state index in [2.05, 4.69) is 10.6 Å². The fourth-order valence-corrected chi connectivity index (χ4v) is 2.90. The van der Waals surface area contributed by atoms with Crippen LogP contribution in [-0.2, 0) is 9.53 Å². The summed E-state index contributed by atoms with van der Waals surface area (Å²) in [4.78, 5) is 12.3. The molecule has 2 aromatic rings. The fourth-order valence-electron chi connectivity index (χ4n) is 2.90. The normalized spacial score (nSPS) is 14.5. The van der Waals surface area contributed by atoms with Gasteiger partial charge in [0.15, 0.2) is 0 Å². The molecule has 0 radical (unpaired) electrons. The van der Waals surface area contributed by atoms with E-state index in [0.717, 1.165) is 35.7 Å². The zero-order valence-electron chi connectivity index (χ0n) is 15.1. The maximum absolute atomic E-state index is 12.3. The van der Waals surface area contributed by atoms with E-state index >= 15 is 0 Å². The van der Waals surface area contributed by atoms with Gasteiger partial charge in [0.1, 0.15) is 11.5 Å². The lowest BCUT2D eigenvalue weighted by Gasteiger charge is -2.21. The number of carbonyl (C=O) groups excluding carboxylic acids is 1. The third-order valence-corrected chi connectivity index (χ3v) is 4.43. The van der Waals surface area contributed by atoms with Crippen LogP contribution in [0.1, 0.15) is 12.8 Å². The van der Waals surface area contributed by atoms with Gasteiger partial charge in [0.25, 0.3) is 0 Å². The van der Waals surface area contributed by atoms with Gasteiger partial charge in [-0.25, -0.2) is 0 Å². The minimum absolute atomic E-state index is 0.0325. The number of hydrogen-bond donors (Lipinski definition) is 2. The number of benzene rings is 2. The van der Waals surface area contributed by atoms with Crippen molar-refractivity contribution in [3.63, 3.8) is 0 Å². The van der Waals surface area contributed by atoms with Crippen molar-refractivity contribution < 1.29 is 19.0 Å². The summed E-state index contributed by atoms with van der Waals surface area (Å²) < 4.78 is 15.9. The number of rotatable bonds is 6. The van der Waals surface area contributed by atoms with E-state index < -0.39 is 0 Å². The fraction of sp³-hybridized carbons (Fsp3) is 0.350. The van der Waals surface area contributed by atoms with Gasteiger partial charge in [-0.1, -0.05) is 0 Å². The third kappa shape index (κ3) is 4.46. The Bertz CT molecular complexity index is 740. The first kappa shape index (κ1) is 18.1. The number of anilines is 3. The Morgan fingerprint density at radius 1 is 1.00 bits per heavy atom. The van der Waals surface area contributed by atoms with Crippen LogP contribution < -0.4 is 20.1 Å². The second-order valence-electron chi connectivity index (χ2n) is 6.14. The molecule has 1 fully saturated rings. The van der Waals surface area contributed by atoms with Crippen molar-refractivity contribution in [2.45, 2.75) is 12.8 Å². The van der Waals surface area contributed by atoms with Crippen LogP contribution in [0.2, 0.25) is 0 Å². The van der Waals surface area contributed by atoms with Crippen molar-refractivity contribution in [1.29, 1.82) is 0 Å². The van der Waals surface area contributed by atoms with Gasteiger partial charge in [-0.2, -0.15) is 0 Å². The van der Waals surface area contributed by atoms with Crippen LogP contribution in [0.3, 0.4) is 0 Å². The van der Waals surface area contributed by atoms with Crippen molar-refractivity contribution in [2.75, 3.05) is 38.1 Å². The summed E-state index contributed by atoms with van der Waals surface area (Å²) in [6, 6.07) is 13.2. The molecule has 3 rings (SSSR count).